The molecule has 3 rings (SSSR count). The second-order valence-corrected chi connectivity index (χ2v) is 8.00. The second kappa shape index (κ2) is 8.88. The summed E-state index contributed by atoms with van der Waals surface area (Å²) in [5, 5.41) is 11.2. The number of carbonyl (C=O) groups is 1. The third-order valence-electron chi connectivity index (χ3n) is 4.10. The Labute approximate surface area is 166 Å². The highest BCUT2D eigenvalue weighted by molar-refractivity contribution is 7.15. The molecule has 1 aromatic carbocycles. The largest absolute Gasteiger partial charge is 0.492 e. The number of rotatable bonds is 6. The van der Waals surface area contributed by atoms with Gasteiger partial charge in [0, 0.05) is 37.6 Å². The highest BCUT2D eigenvalue weighted by Gasteiger charge is 2.22. The van der Waals surface area contributed by atoms with E-state index in [1.807, 2.05) is 11.8 Å². The van der Waals surface area contributed by atoms with Gasteiger partial charge in [-0.1, -0.05) is 34.5 Å². The number of hydrogen-bond donors (Lipinski definition) is 0. The van der Waals surface area contributed by atoms with Crippen molar-refractivity contribution in [1.82, 2.24) is 15.1 Å². The molecule has 26 heavy (non-hydrogen) atoms. The number of aromatic nitrogens is 2. The van der Waals surface area contributed by atoms with Crippen LogP contribution in [0.25, 0.3) is 0 Å². The molecular formula is C17H20Cl2N4O2S. The van der Waals surface area contributed by atoms with Crippen molar-refractivity contribution in [2.24, 2.45) is 0 Å². The van der Waals surface area contributed by atoms with Gasteiger partial charge in [-0.15, -0.1) is 10.2 Å². The molecule has 0 spiro atoms. The first kappa shape index (κ1) is 19.2. The second-order valence-electron chi connectivity index (χ2n) is 6.00. The van der Waals surface area contributed by atoms with E-state index < -0.39 is 0 Å². The van der Waals surface area contributed by atoms with E-state index in [0.29, 0.717) is 48.3 Å². The third-order valence-corrected chi connectivity index (χ3v) is 5.53. The van der Waals surface area contributed by atoms with Gasteiger partial charge in [-0.2, -0.15) is 0 Å². The summed E-state index contributed by atoms with van der Waals surface area (Å²) in [6, 6.07) is 5.11. The summed E-state index contributed by atoms with van der Waals surface area (Å²) < 4.78 is 5.62. The quantitative estimate of drug-likeness (QED) is 0.674. The first-order chi connectivity index (χ1) is 12.5. The van der Waals surface area contributed by atoms with Crippen molar-refractivity contribution in [3.05, 3.63) is 33.3 Å². The molecule has 0 aliphatic carbocycles. The fourth-order valence-corrected chi connectivity index (χ4v) is 3.92. The normalized spacial score (nSPS) is 14.6. The zero-order valence-electron chi connectivity index (χ0n) is 14.5. The molecular weight excluding hydrogens is 395 g/mol. The van der Waals surface area contributed by atoms with Crippen LogP contribution in [0, 0.1) is 6.92 Å². The van der Waals surface area contributed by atoms with Crippen LogP contribution in [0.3, 0.4) is 0 Å². The first-order valence-corrected chi connectivity index (χ1v) is 10.0. The number of piperazine rings is 1. The van der Waals surface area contributed by atoms with Crippen molar-refractivity contribution >= 4 is 45.6 Å². The maximum Gasteiger partial charge on any atom is 0.222 e. The Bertz CT molecular complexity index is 763. The van der Waals surface area contributed by atoms with Gasteiger partial charge < -0.3 is 14.5 Å². The van der Waals surface area contributed by atoms with Crippen LogP contribution in [-0.4, -0.2) is 53.8 Å². The zero-order valence-corrected chi connectivity index (χ0v) is 16.8. The minimum absolute atomic E-state index is 0.156. The van der Waals surface area contributed by atoms with E-state index in [2.05, 4.69) is 15.1 Å². The van der Waals surface area contributed by atoms with Gasteiger partial charge in [0.25, 0.3) is 0 Å². The van der Waals surface area contributed by atoms with Crippen LogP contribution in [0.15, 0.2) is 18.2 Å². The molecule has 1 aliphatic rings. The molecule has 9 heteroatoms. The molecule has 1 aliphatic heterocycles. The van der Waals surface area contributed by atoms with Crippen LogP contribution in [-0.2, 0) is 4.79 Å². The molecule has 1 fully saturated rings. The number of halogens is 2. The van der Waals surface area contributed by atoms with Crippen LogP contribution in [0.5, 0.6) is 5.75 Å². The molecule has 1 aromatic heterocycles. The van der Waals surface area contributed by atoms with Gasteiger partial charge in [-0.3, -0.25) is 4.79 Å². The first-order valence-electron chi connectivity index (χ1n) is 8.43. The van der Waals surface area contributed by atoms with Crippen molar-refractivity contribution in [3.8, 4) is 5.75 Å². The zero-order chi connectivity index (χ0) is 18.5. The van der Waals surface area contributed by atoms with Gasteiger partial charge in [0.2, 0.25) is 11.0 Å². The summed E-state index contributed by atoms with van der Waals surface area (Å²) in [5.41, 5.74) is 0. The van der Waals surface area contributed by atoms with Crippen molar-refractivity contribution in [1.29, 1.82) is 0 Å². The summed E-state index contributed by atoms with van der Waals surface area (Å²) in [4.78, 5) is 16.4. The highest BCUT2D eigenvalue weighted by atomic mass is 35.5. The third kappa shape index (κ3) is 4.99. The molecule has 0 unspecified atom stereocenters. The number of amides is 1. The maximum absolute atomic E-state index is 12.4. The summed E-state index contributed by atoms with van der Waals surface area (Å²) in [6.07, 6.45) is 1.11. The number of carbonyl (C=O) groups excluding carboxylic acids is 1. The predicted octanol–water partition coefficient (Wildman–Crippen LogP) is 3.66. The van der Waals surface area contributed by atoms with E-state index >= 15 is 0 Å². The van der Waals surface area contributed by atoms with E-state index in [4.69, 9.17) is 27.9 Å². The summed E-state index contributed by atoms with van der Waals surface area (Å²) in [7, 11) is 0. The molecule has 140 valence electrons. The SMILES string of the molecule is Cc1nnc(N2CCN(C(=O)CCCOc3ccc(Cl)cc3Cl)CC2)s1. The van der Waals surface area contributed by atoms with Crippen LogP contribution < -0.4 is 9.64 Å². The topological polar surface area (TPSA) is 58.6 Å². The molecule has 0 saturated carbocycles. The Balaban J connectivity index is 1.38. The molecule has 0 N–H and O–H groups in total. The van der Waals surface area contributed by atoms with Crippen LogP contribution >= 0.6 is 34.5 Å². The number of ether oxygens (including phenoxy) is 1. The fraction of sp³-hybridized carbons (Fsp3) is 0.471. The van der Waals surface area contributed by atoms with Gasteiger partial charge in [0.1, 0.15) is 10.8 Å². The van der Waals surface area contributed by atoms with Crippen molar-refractivity contribution in [2.75, 3.05) is 37.7 Å². The van der Waals surface area contributed by atoms with E-state index in [0.717, 1.165) is 23.2 Å². The van der Waals surface area contributed by atoms with Crippen LogP contribution in [0.4, 0.5) is 5.13 Å². The average molecular weight is 415 g/mol. The van der Waals surface area contributed by atoms with Crippen molar-refractivity contribution in [2.45, 2.75) is 19.8 Å². The van der Waals surface area contributed by atoms with Crippen LogP contribution in [0.1, 0.15) is 17.8 Å². The molecule has 0 bridgehead atoms. The Morgan fingerprint density at radius 3 is 2.65 bits per heavy atom. The molecule has 1 amide bonds. The number of benzene rings is 1. The summed E-state index contributed by atoms with van der Waals surface area (Å²) in [5.74, 6) is 0.744. The van der Waals surface area contributed by atoms with E-state index in [-0.39, 0.29) is 5.91 Å². The minimum Gasteiger partial charge on any atom is -0.492 e. The predicted molar refractivity (Wildman–Crippen MR) is 105 cm³/mol. The molecule has 0 atom stereocenters. The average Bonchev–Trinajstić information content (AvgIpc) is 3.06. The number of nitrogens with zero attached hydrogens (tertiary/aromatic N) is 4. The van der Waals surface area contributed by atoms with Gasteiger partial charge in [0.15, 0.2) is 0 Å². The monoisotopic (exact) mass is 414 g/mol. The molecule has 2 aromatic rings. The van der Waals surface area contributed by atoms with Gasteiger partial charge in [-0.25, -0.2) is 0 Å². The minimum atomic E-state index is 0.156. The number of aryl methyl sites for hydroxylation is 1. The van der Waals surface area contributed by atoms with Crippen molar-refractivity contribution in [3.63, 3.8) is 0 Å². The Hall–Kier alpha value is -1.57. The highest BCUT2D eigenvalue weighted by Crippen LogP contribution is 2.27. The fourth-order valence-electron chi connectivity index (χ4n) is 2.72. The smallest absolute Gasteiger partial charge is 0.222 e. The molecule has 2 heterocycles. The number of anilines is 1. The van der Waals surface area contributed by atoms with E-state index in [9.17, 15) is 4.79 Å². The lowest BCUT2D eigenvalue weighted by molar-refractivity contribution is -0.131. The maximum atomic E-state index is 12.4. The standard InChI is InChI=1S/C17H20Cl2N4O2S/c1-12-20-21-17(26-12)23-8-6-22(7-9-23)16(24)3-2-10-25-15-5-4-13(18)11-14(15)19/h4-5,11H,2-3,6-10H2,1H3. The Morgan fingerprint density at radius 2 is 2.00 bits per heavy atom. The lowest BCUT2D eigenvalue weighted by Gasteiger charge is -2.34. The molecule has 0 radical (unpaired) electrons. The van der Waals surface area contributed by atoms with Gasteiger partial charge in [0.05, 0.1) is 11.6 Å². The number of hydrogen-bond acceptors (Lipinski definition) is 6. The Kier molecular flexibility index (Phi) is 6.56. The van der Waals surface area contributed by atoms with Crippen LogP contribution in [0.2, 0.25) is 10.0 Å². The van der Waals surface area contributed by atoms with E-state index in [1.165, 1.54) is 0 Å². The molecule has 1 saturated heterocycles. The van der Waals surface area contributed by atoms with Gasteiger partial charge in [-0.05, 0) is 31.5 Å². The lowest BCUT2D eigenvalue weighted by atomic mass is 10.2. The van der Waals surface area contributed by atoms with Gasteiger partial charge >= 0.3 is 0 Å². The lowest BCUT2D eigenvalue weighted by Crippen LogP contribution is -2.48. The summed E-state index contributed by atoms with van der Waals surface area (Å²) >= 11 is 13.5. The summed E-state index contributed by atoms with van der Waals surface area (Å²) in [6.45, 7) is 5.38. The van der Waals surface area contributed by atoms with E-state index in [1.54, 1.807) is 29.5 Å². The van der Waals surface area contributed by atoms with Crippen molar-refractivity contribution < 1.29 is 9.53 Å². The Morgan fingerprint density at radius 1 is 1.23 bits per heavy atom. The molecule has 6 nitrogen and oxygen atoms in total.